The molecule has 88 valence electrons. The van der Waals surface area contributed by atoms with Crippen LogP contribution in [0.2, 0.25) is 0 Å². The fraction of sp³-hybridized carbons (Fsp3) is 0.364. The average Bonchev–Trinajstić information content (AvgIpc) is 2.28. The van der Waals surface area contributed by atoms with Crippen molar-refractivity contribution >= 4 is 23.3 Å². The zero-order valence-electron chi connectivity index (χ0n) is 9.53. The van der Waals surface area contributed by atoms with Crippen molar-refractivity contribution in [2.24, 2.45) is 0 Å². The number of nitrogens with zero attached hydrogens (tertiary/aromatic N) is 1. The molecule has 0 saturated heterocycles. The van der Waals surface area contributed by atoms with E-state index in [2.05, 4.69) is 5.32 Å². The second-order valence-electron chi connectivity index (χ2n) is 3.35. The van der Waals surface area contributed by atoms with Crippen LogP contribution in [0.5, 0.6) is 0 Å². The Morgan fingerprint density at radius 2 is 2.00 bits per heavy atom. The summed E-state index contributed by atoms with van der Waals surface area (Å²) in [6.07, 6.45) is 0. The number of hydroxylamine groups is 2. The Kier molecular flexibility index (Phi) is 4.58. The molecule has 2 amide bonds. The molecule has 0 aliphatic rings. The topological polar surface area (TPSA) is 41.6 Å². The maximum atomic E-state index is 11.4. The van der Waals surface area contributed by atoms with Crippen molar-refractivity contribution in [1.29, 1.82) is 0 Å². The number of rotatable bonds is 3. The van der Waals surface area contributed by atoms with E-state index in [1.807, 2.05) is 19.1 Å². The third kappa shape index (κ3) is 3.40. The van der Waals surface area contributed by atoms with E-state index >= 15 is 0 Å². The SMILES string of the molecule is CON(C)C(=O)Nc1ccc(C(C)Cl)cc1. The van der Waals surface area contributed by atoms with E-state index in [9.17, 15) is 4.79 Å². The van der Waals surface area contributed by atoms with Crippen LogP contribution in [-0.2, 0) is 4.84 Å². The van der Waals surface area contributed by atoms with E-state index in [0.717, 1.165) is 10.6 Å². The number of amides is 2. The van der Waals surface area contributed by atoms with E-state index in [4.69, 9.17) is 16.4 Å². The quantitative estimate of drug-likeness (QED) is 0.654. The molecule has 0 heterocycles. The number of carbonyl (C=O) groups excluding carboxylic acids is 1. The van der Waals surface area contributed by atoms with Crippen LogP contribution in [0.1, 0.15) is 17.9 Å². The molecule has 0 aliphatic carbocycles. The maximum Gasteiger partial charge on any atom is 0.345 e. The molecule has 0 fully saturated rings. The number of hydrogen-bond donors (Lipinski definition) is 1. The van der Waals surface area contributed by atoms with Crippen molar-refractivity contribution in [2.75, 3.05) is 19.5 Å². The Balaban J connectivity index is 2.65. The lowest BCUT2D eigenvalue weighted by atomic mass is 10.1. The Morgan fingerprint density at radius 3 is 2.44 bits per heavy atom. The highest BCUT2D eigenvalue weighted by molar-refractivity contribution is 6.20. The predicted octanol–water partition coefficient (Wildman–Crippen LogP) is 3.01. The van der Waals surface area contributed by atoms with Gasteiger partial charge >= 0.3 is 6.03 Å². The van der Waals surface area contributed by atoms with Gasteiger partial charge in [0.2, 0.25) is 0 Å². The number of benzene rings is 1. The van der Waals surface area contributed by atoms with Gasteiger partial charge in [-0.25, -0.2) is 9.86 Å². The van der Waals surface area contributed by atoms with Gasteiger partial charge in [-0.2, -0.15) is 0 Å². The molecule has 1 unspecified atom stereocenters. The molecule has 1 N–H and O–H groups in total. The van der Waals surface area contributed by atoms with Crippen molar-refractivity contribution in [1.82, 2.24) is 5.06 Å². The van der Waals surface area contributed by atoms with Crippen LogP contribution in [0.25, 0.3) is 0 Å². The molecule has 16 heavy (non-hydrogen) atoms. The number of urea groups is 1. The van der Waals surface area contributed by atoms with Crippen molar-refractivity contribution < 1.29 is 9.63 Å². The van der Waals surface area contributed by atoms with Gasteiger partial charge in [0.25, 0.3) is 0 Å². The summed E-state index contributed by atoms with van der Waals surface area (Å²) in [5.41, 5.74) is 1.72. The zero-order chi connectivity index (χ0) is 12.1. The van der Waals surface area contributed by atoms with Crippen LogP contribution in [0, 0.1) is 0 Å². The number of hydrogen-bond acceptors (Lipinski definition) is 2. The van der Waals surface area contributed by atoms with E-state index in [1.165, 1.54) is 14.2 Å². The molecule has 0 aliphatic heterocycles. The van der Waals surface area contributed by atoms with Gasteiger partial charge in [0.05, 0.1) is 12.5 Å². The van der Waals surface area contributed by atoms with Crippen LogP contribution in [-0.4, -0.2) is 25.3 Å². The summed E-state index contributed by atoms with van der Waals surface area (Å²) in [5, 5.41) is 3.75. The Morgan fingerprint density at radius 1 is 1.44 bits per heavy atom. The second kappa shape index (κ2) is 5.72. The highest BCUT2D eigenvalue weighted by Crippen LogP contribution is 2.20. The van der Waals surface area contributed by atoms with Crippen molar-refractivity contribution in [3.05, 3.63) is 29.8 Å². The number of carbonyl (C=O) groups is 1. The summed E-state index contributed by atoms with van der Waals surface area (Å²) in [5.74, 6) is 0. The normalized spacial score (nSPS) is 12.0. The van der Waals surface area contributed by atoms with Crippen LogP contribution < -0.4 is 5.32 Å². The Hall–Kier alpha value is -1.26. The first kappa shape index (κ1) is 12.8. The minimum absolute atomic E-state index is 0.0357. The lowest BCUT2D eigenvalue weighted by molar-refractivity contribution is -0.0598. The minimum Gasteiger partial charge on any atom is -0.306 e. The number of alkyl halides is 1. The molecule has 0 aromatic heterocycles. The first-order valence-electron chi connectivity index (χ1n) is 4.87. The van der Waals surface area contributed by atoms with E-state index < -0.39 is 0 Å². The van der Waals surface area contributed by atoms with Gasteiger partial charge < -0.3 is 5.32 Å². The molecule has 0 radical (unpaired) electrons. The lowest BCUT2D eigenvalue weighted by Gasteiger charge is -2.14. The Labute approximate surface area is 100 Å². The van der Waals surface area contributed by atoms with Gasteiger partial charge in [0.15, 0.2) is 0 Å². The van der Waals surface area contributed by atoms with Gasteiger partial charge in [-0.15, -0.1) is 11.6 Å². The van der Waals surface area contributed by atoms with E-state index in [0.29, 0.717) is 5.69 Å². The van der Waals surface area contributed by atoms with Gasteiger partial charge in [-0.05, 0) is 24.6 Å². The lowest BCUT2D eigenvalue weighted by Crippen LogP contribution is -2.30. The van der Waals surface area contributed by atoms with Crippen LogP contribution in [0.3, 0.4) is 0 Å². The van der Waals surface area contributed by atoms with Gasteiger partial charge in [0, 0.05) is 12.7 Å². The molecule has 0 spiro atoms. The monoisotopic (exact) mass is 242 g/mol. The van der Waals surface area contributed by atoms with E-state index in [1.54, 1.807) is 12.1 Å². The molecule has 0 bridgehead atoms. The van der Waals surface area contributed by atoms with E-state index in [-0.39, 0.29) is 11.4 Å². The number of anilines is 1. The van der Waals surface area contributed by atoms with Gasteiger partial charge in [-0.1, -0.05) is 12.1 Å². The standard InChI is InChI=1S/C11H15ClN2O2/c1-8(12)9-4-6-10(7-5-9)13-11(15)14(2)16-3/h4-8H,1-3H3,(H,13,15). The van der Waals surface area contributed by atoms with Gasteiger partial charge in [-0.3, -0.25) is 4.84 Å². The van der Waals surface area contributed by atoms with Crippen molar-refractivity contribution in [3.63, 3.8) is 0 Å². The summed E-state index contributed by atoms with van der Waals surface area (Å²) in [7, 11) is 2.96. The van der Waals surface area contributed by atoms with Crippen LogP contribution in [0.4, 0.5) is 10.5 Å². The fourth-order valence-corrected chi connectivity index (χ4v) is 1.26. The maximum absolute atomic E-state index is 11.4. The zero-order valence-corrected chi connectivity index (χ0v) is 10.3. The largest absolute Gasteiger partial charge is 0.345 e. The molecule has 0 saturated carbocycles. The van der Waals surface area contributed by atoms with Crippen LogP contribution >= 0.6 is 11.6 Å². The molecule has 1 atom stereocenters. The summed E-state index contributed by atoms with van der Waals surface area (Å²) < 4.78 is 0. The van der Waals surface area contributed by atoms with Crippen molar-refractivity contribution in [2.45, 2.75) is 12.3 Å². The Bertz CT molecular complexity index is 352. The molecule has 1 aromatic carbocycles. The molecular weight excluding hydrogens is 228 g/mol. The van der Waals surface area contributed by atoms with Crippen LogP contribution in [0.15, 0.2) is 24.3 Å². The summed E-state index contributed by atoms with van der Waals surface area (Å²) in [6, 6.07) is 7.03. The molecular formula is C11H15ClN2O2. The summed E-state index contributed by atoms with van der Waals surface area (Å²) in [4.78, 5) is 16.2. The smallest absolute Gasteiger partial charge is 0.306 e. The second-order valence-corrected chi connectivity index (χ2v) is 4.00. The third-order valence-corrected chi connectivity index (χ3v) is 2.43. The molecule has 1 aromatic rings. The van der Waals surface area contributed by atoms with Crippen molar-refractivity contribution in [3.8, 4) is 0 Å². The number of nitrogens with one attached hydrogen (secondary N) is 1. The summed E-state index contributed by atoms with van der Waals surface area (Å²) >= 11 is 5.92. The first-order chi connectivity index (χ1) is 7.54. The highest BCUT2D eigenvalue weighted by atomic mass is 35.5. The first-order valence-corrected chi connectivity index (χ1v) is 5.31. The molecule has 1 rings (SSSR count). The van der Waals surface area contributed by atoms with Gasteiger partial charge in [0.1, 0.15) is 0 Å². The summed E-state index contributed by atoms with van der Waals surface area (Å²) in [6.45, 7) is 1.90. The molecule has 5 heteroatoms. The third-order valence-electron chi connectivity index (χ3n) is 2.18. The number of halogens is 1. The minimum atomic E-state index is -0.325. The molecule has 4 nitrogen and oxygen atoms in total. The highest BCUT2D eigenvalue weighted by Gasteiger charge is 2.07. The average molecular weight is 243 g/mol. The predicted molar refractivity (Wildman–Crippen MR) is 64.5 cm³/mol. The fourth-order valence-electron chi connectivity index (χ4n) is 1.12.